The highest BCUT2D eigenvalue weighted by atomic mass is 19.1. The van der Waals surface area contributed by atoms with Crippen molar-refractivity contribution in [3.05, 3.63) is 29.1 Å². The van der Waals surface area contributed by atoms with Crippen molar-refractivity contribution < 1.29 is 14.3 Å². The van der Waals surface area contributed by atoms with Crippen LogP contribution in [0.3, 0.4) is 0 Å². The largest absolute Gasteiger partial charge is 0.478 e. The van der Waals surface area contributed by atoms with Crippen molar-refractivity contribution in [2.75, 3.05) is 11.9 Å². The average Bonchev–Trinajstić information content (AvgIpc) is 2.49. The van der Waals surface area contributed by atoms with Gasteiger partial charge in [-0.3, -0.25) is 0 Å². The van der Waals surface area contributed by atoms with E-state index in [1.165, 1.54) is 6.07 Å². The zero-order chi connectivity index (χ0) is 9.42. The van der Waals surface area contributed by atoms with Crippen LogP contribution in [0.2, 0.25) is 0 Å². The van der Waals surface area contributed by atoms with Gasteiger partial charge in [0, 0.05) is 6.54 Å². The van der Waals surface area contributed by atoms with E-state index in [9.17, 15) is 9.18 Å². The first kappa shape index (κ1) is 8.04. The fraction of sp³-hybridized carbons (Fsp3) is 0.222. The Kier molecular flexibility index (Phi) is 1.69. The van der Waals surface area contributed by atoms with Crippen molar-refractivity contribution in [3.8, 4) is 0 Å². The molecular weight excluding hydrogens is 173 g/mol. The van der Waals surface area contributed by atoms with Crippen LogP contribution in [-0.2, 0) is 6.42 Å². The van der Waals surface area contributed by atoms with Gasteiger partial charge in [-0.1, -0.05) is 0 Å². The van der Waals surface area contributed by atoms with Crippen molar-refractivity contribution in [1.82, 2.24) is 0 Å². The van der Waals surface area contributed by atoms with Gasteiger partial charge in [-0.25, -0.2) is 9.18 Å². The number of carboxylic acid groups (broad SMARTS) is 1. The van der Waals surface area contributed by atoms with E-state index in [2.05, 4.69) is 5.32 Å². The minimum Gasteiger partial charge on any atom is -0.478 e. The molecule has 1 aromatic carbocycles. The summed E-state index contributed by atoms with van der Waals surface area (Å²) in [6.07, 6.45) is 0.688. The molecule has 13 heavy (non-hydrogen) atoms. The fourth-order valence-corrected chi connectivity index (χ4v) is 1.56. The summed E-state index contributed by atoms with van der Waals surface area (Å²) >= 11 is 0. The SMILES string of the molecule is O=C(O)c1cc(F)cc2c1NCC2. The predicted molar refractivity (Wildman–Crippen MR) is 45.6 cm³/mol. The molecule has 1 aliphatic rings. The standard InChI is InChI=1S/C9H8FNO2/c10-6-3-5-1-2-11-8(5)7(4-6)9(12)13/h3-4,11H,1-2H2,(H,12,13). The number of benzene rings is 1. The highest BCUT2D eigenvalue weighted by molar-refractivity contribution is 5.95. The monoisotopic (exact) mass is 181 g/mol. The number of halogens is 1. The molecule has 1 heterocycles. The Balaban J connectivity index is 2.62. The van der Waals surface area contributed by atoms with Gasteiger partial charge in [0.05, 0.1) is 11.3 Å². The Labute approximate surface area is 74.2 Å². The summed E-state index contributed by atoms with van der Waals surface area (Å²) in [6, 6.07) is 2.42. The molecule has 1 aromatic rings. The maximum Gasteiger partial charge on any atom is 0.337 e. The Morgan fingerprint density at radius 2 is 2.31 bits per heavy atom. The van der Waals surface area contributed by atoms with Crippen LogP contribution < -0.4 is 5.32 Å². The molecule has 0 spiro atoms. The molecular formula is C9H8FNO2. The Morgan fingerprint density at radius 3 is 3.00 bits per heavy atom. The number of nitrogens with one attached hydrogen (secondary N) is 1. The van der Waals surface area contributed by atoms with Crippen LogP contribution in [0.25, 0.3) is 0 Å². The summed E-state index contributed by atoms with van der Waals surface area (Å²) in [5.74, 6) is -1.58. The summed E-state index contributed by atoms with van der Waals surface area (Å²) in [4.78, 5) is 10.7. The highest BCUT2D eigenvalue weighted by Crippen LogP contribution is 2.27. The molecule has 0 radical (unpaired) electrons. The van der Waals surface area contributed by atoms with E-state index >= 15 is 0 Å². The Morgan fingerprint density at radius 1 is 1.54 bits per heavy atom. The van der Waals surface area contributed by atoms with Gasteiger partial charge in [-0.05, 0) is 24.1 Å². The van der Waals surface area contributed by atoms with Crippen LogP contribution in [0.15, 0.2) is 12.1 Å². The maximum absolute atomic E-state index is 12.9. The Hall–Kier alpha value is -1.58. The van der Waals surface area contributed by atoms with Gasteiger partial charge in [-0.15, -0.1) is 0 Å². The normalized spacial score (nSPS) is 13.6. The molecule has 0 fully saturated rings. The molecule has 4 heteroatoms. The smallest absolute Gasteiger partial charge is 0.337 e. The molecule has 0 bridgehead atoms. The quantitative estimate of drug-likeness (QED) is 0.690. The summed E-state index contributed by atoms with van der Waals surface area (Å²) in [7, 11) is 0. The zero-order valence-electron chi connectivity index (χ0n) is 6.80. The van der Waals surface area contributed by atoms with Crippen LogP contribution in [0, 0.1) is 5.82 Å². The topological polar surface area (TPSA) is 49.3 Å². The average molecular weight is 181 g/mol. The van der Waals surface area contributed by atoms with Crippen LogP contribution >= 0.6 is 0 Å². The summed E-state index contributed by atoms with van der Waals surface area (Å²) in [5, 5.41) is 11.7. The first-order valence-corrected chi connectivity index (χ1v) is 3.98. The zero-order valence-corrected chi connectivity index (χ0v) is 6.80. The molecule has 0 atom stereocenters. The maximum atomic E-state index is 12.9. The van der Waals surface area contributed by atoms with Gasteiger partial charge in [-0.2, -0.15) is 0 Å². The van der Waals surface area contributed by atoms with Crippen LogP contribution in [-0.4, -0.2) is 17.6 Å². The molecule has 0 saturated carbocycles. The van der Waals surface area contributed by atoms with Crippen LogP contribution in [0.1, 0.15) is 15.9 Å². The molecule has 0 aliphatic carbocycles. The minimum absolute atomic E-state index is 0.0208. The number of fused-ring (bicyclic) bond motifs is 1. The van der Waals surface area contributed by atoms with E-state index in [0.717, 1.165) is 11.6 Å². The van der Waals surface area contributed by atoms with Crippen molar-refractivity contribution in [1.29, 1.82) is 0 Å². The molecule has 68 valence electrons. The predicted octanol–water partition coefficient (Wildman–Crippen LogP) is 1.49. The van der Waals surface area contributed by atoms with Crippen LogP contribution in [0.5, 0.6) is 0 Å². The summed E-state index contributed by atoms with van der Waals surface area (Å²) < 4.78 is 12.9. The second-order valence-electron chi connectivity index (χ2n) is 2.97. The second-order valence-corrected chi connectivity index (χ2v) is 2.97. The van der Waals surface area contributed by atoms with Gasteiger partial charge in [0.1, 0.15) is 5.82 Å². The number of hydrogen-bond donors (Lipinski definition) is 2. The van der Waals surface area contributed by atoms with Crippen LogP contribution in [0.4, 0.5) is 10.1 Å². The van der Waals surface area contributed by atoms with E-state index in [0.29, 0.717) is 18.7 Å². The highest BCUT2D eigenvalue weighted by Gasteiger charge is 2.19. The van der Waals surface area contributed by atoms with Gasteiger partial charge in [0.25, 0.3) is 0 Å². The first-order valence-electron chi connectivity index (χ1n) is 3.98. The number of aromatic carboxylic acids is 1. The van der Waals surface area contributed by atoms with Gasteiger partial charge in [0.15, 0.2) is 0 Å². The lowest BCUT2D eigenvalue weighted by Crippen LogP contribution is -2.03. The van der Waals surface area contributed by atoms with Crippen molar-refractivity contribution in [2.45, 2.75) is 6.42 Å². The molecule has 0 saturated heterocycles. The minimum atomic E-state index is -1.09. The van der Waals surface area contributed by atoms with Gasteiger partial charge < -0.3 is 10.4 Å². The number of carboxylic acids is 1. The van der Waals surface area contributed by atoms with Gasteiger partial charge >= 0.3 is 5.97 Å². The third kappa shape index (κ3) is 1.24. The van der Waals surface area contributed by atoms with E-state index in [1.54, 1.807) is 0 Å². The molecule has 2 N–H and O–H groups in total. The molecule has 0 unspecified atom stereocenters. The van der Waals surface area contributed by atoms with Gasteiger partial charge in [0.2, 0.25) is 0 Å². The summed E-state index contributed by atoms with van der Waals surface area (Å²) in [5.41, 5.74) is 1.33. The van der Waals surface area contributed by atoms with Crippen molar-refractivity contribution >= 4 is 11.7 Å². The second kappa shape index (κ2) is 2.73. The van der Waals surface area contributed by atoms with E-state index in [4.69, 9.17) is 5.11 Å². The van der Waals surface area contributed by atoms with E-state index in [-0.39, 0.29) is 5.56 Å². The molecule has 0 aromatic heterocycles. The van der Waals surface area contributed by atoms with E-state index < -0.39 is 11.8 Å². The fourth-order valence-electron chi connectivity index (χ4n) is 1.56. The van der Waals surface area contributed by atoms with E-state index in [1.807, 2.05) is 0 Å². The molecule has 2 rings (SSSR count). The number of hydrogen-bond acceptors (Lipinski definition) is 2. The molecule has 1 aliphatic heterocycles. The summed E-state index contributed by atoms with van der Waals surface area (Å²) in [6.45, 7) is 0.680. The third-order valence-corrected chi connectivity index (χ3v) is 2.11. The first-order chi connectivity index (χ1) is 6.18. The number of carbonyl (C=O) groups is 1. The molecule has 0 amide bonds. The Bertz CT molecular complexity index is 376. The lowest BCUT2D eigenvalue weighted by atomic mass is 10.1. The third-order valence-electron chi connectivity index (χ3n) is 2.11. The lowest BCUT2D eigenvalue weighted by molar-refractivity contribution is 0.0697. The molecule has 3 nitrogen and oxygen atoms in total. The number of rotatable bonds is 1. The van der Waals surface area contributed by atoms with Crippen molar-refractivity contribution in [3.63, 3.8) is 0 Å². The van der Waals surface area contributed by atoms with Crippen molar-refractivity contribution in [2.24, 2.45) is 0 Å². The lowest BCUT2D eigenvalue weighted by Gasteiger charge is -2.04. The number of anilines is 1.